The van der Waals surface area contributed by atoms with Crippen molar-refractivity contribution in [3.63, 3.8) is 0 Å². The number of rotatable bonds is 46. The van der Waals surface area contributed by atoms with Gasteiger partial charge in [-0.2, -0.15) is 0 Å². The van der Waals surface area contributed by atoms with E-state index in [0.29, 0.717) is 19.3 Å². The highest BCUT2D eigenvalue weighted by Gasteiger charge is 2.27. The number of carbonyl (C=O) groups excluding carboxylic acids is 2. The third-order valence-electron chi connectivity index (χ3n) is 10.3. The Balaban J connectivity index is 4.32. The summed E-state index contributed by atoms with van der Waals surface area (Å²) in [5.74, 6) is -0.996. The smallest absolute Gasteiger partial charge is 0.462 e. The second-order valence-corrected chi connectivity index (χ2v) is 17.9. The number of unbranched alkanes of at least 4 members (excludes halogenated alkanes) is 20. The van der Waals surface area contributed by atoms with Gasteiger partial charge in [0.25, 0.3) is 0 Å². The van der Waals surface area contributed by atoms with E-state index in [9.17, 15) is 24.2 Å². The molecule has 0 heterocycles. The molecular weight excluding hydrogens is 816 g/mol. The van der Waals surface area contributed by atoms with Gasteiger partial charge in [-0.1, -0.05) is 183 Å². The minimum atomic E-state index is -4.64. The van der Waals surface area contributed by atoms with E-state index in [2.05, 4.69) is 80.7 Å². The number of carbonyl (C=O) groups is 2. The highest BCUT2D eigenvalue weighted by molar-refractivity contribution is 7.47. The lowest BCUT2D eigenvalue weighted by Crippen LogP contribution is -2.29. The average molecular weight is 907 g/mol. The molecule has 10 nitrogen and oxygen atoms in total. The van der Waals surface area contributed by atoms with Crippen molar-refractivity contribution in [1.29, 1.82) is 0 Å². The van der Waals surface area contributed by atoms with Gasteiger partial charge < -0.3 is 24.6 Å². The maximum atomic E-state index is 12.6. The monoisotopic (exact) mass is 907 g/mol. The lowest BCUT2D eigenvalue weighted by molar-refractivity contribution is -0.161. The van der Waals surface area contributed by atoms with E-state index in [1.165, 1.54) is 109 Å². The van der Waals surface area contributed by atoms with Gasteiger partial charge in [-0.05, 0) is 83.5 Å². The van der Waals surface area contributed by atoms with Crippen LogP contribution in [0.3, 0.4) is 0 Å². The largest absolute Gasteiger partial charge is 0.472 e. The molecule has 0 spiro atoms. The SMILES string of the molecule is CCCCC/C=C/C/C=C/CCCCCCCCCCCC(=O)OC[C@H](COP(=O)(O)OC[C@@H](O)CO)OC(=O)CCC/C=C/C/C=C/C/C=C/C/C=C/CCCCCCCCC. The highest BCUT2D eigenvalue weighted by Crippen LogP contribution is 2.43. The van der Waals surface area contributed by atoms with Crippen molar-refractivity contribution in [3.05, 3.63) is 72.9 Å². The zero-order valence-corrected chi connectivity index (χ0v) is 40.7. The molecule has 0 radical (unpaired) electrons. The van der Waals surface area contributed by atoms with Crippen LogP contribution in [0.4, 0.5) is 0 Å². The van der Waals surface area contributed by atoms with Gasteiger partial charge in [0.15, 0.2) is 6.10 Å². The maximum absolute atomic E-state index is 12.6. The zero-order valence-electron chi connectivity index (χ0n) is 39.8. The molecule has 1 unspecified atom stereocenters. The molecular formula is C52H91O10P. The molecule has 0 aromatic heterocycles. The van der Waals surface area contributed by atoms with E-state index in [1.807, 2.05) is 6.08 Å². The Morgan fingerprint density at radius 2 is 0.841 bits per heavy atom. The molecule has 0 amide bonds. The molecule has 0 aromatic carbocycles. The molecule has 3 atom stereocenters. The van der Waals surface area contributed by atoms with Crippen LogP contribution in [0, 0.1) is 0 Å². The minimum Gasteiger partial charge on any atom is -0.462 e. The fraction of sp³-hybridized carbons (Fsp3) is 0.731. The maximum Gasteiger partial charge on any atom is 0.472 e. The first kappa shape index (κ1) is 60.4. The van der Waals surface area contributed by atoms with Crippen LogP contribution in [0.5, 0.6) is 0 Å². The second-order valence-electron chi connectivity index (χ2n) is 16.5. The number of allylic oxidation sites excluding steroid dienone is 12. The topological polar surface area (TPSA) is 149 Å². The number of esters is 2. The molecule has 0 saturated heterocycles. The summed E-state index contributed by atoms with van der Waals surface area (Å²) in [5, 5.41) is 18.4. The molecule has 0 fully saturated rings. The molecule has 3 N–H and O–H groups in total. The van der Waals surface area contributed by atoms with Crippen LogP contribution in [0.1, 0.15) is 206 Å². The molecule has 63 heavy (non-hydrogen) atoms. The van der Waals surface area contributed by atoms with Crippen LogP contribution >= 0.6 is 7.82 Å². The Morgan fingerprint density at radius 1 is 0.476 bits per heavy atom. The van der Waals surface area contributed by atoms with Crippen LogP contribution in [0.2, 0.25) is 0 Å². The second kappa shape index (κ2) is 47.4. The van der Waals surface area contributed by atoms with Crippen molar-refractivity contribution in [1.82, 2.24) is 0 Å². The van der Waals surface area contributed by atoms with Crippen molar-refractivity contribution in [3.8, 4) is 0 Å². The lowest BCUT2D eigenvalue weighted by Gasteiger charge is -2.20. The molecule has 0 saturated carbocycles. The number of aliphatic hydroxyl groups is 2. The molecule has 0 aliphatic heterocycles. The average Bonchev–Trinajstić information content (AvgIpc) is 3.27. The summed E-state index contributed by atoms with van der Waals surface area (Å²) in [6, 6.07) is 0. The summed E-state index contributed by atoms with van der Waals surface area (Å²) in [6.45, 7) is 2.30. The summed E-state index contributed by atoms with van der Waals surface area (Å²) in [5.41, 5.74) is 0. The summed E-state index contributed by atoms with van der Waals surface area (Å²) < 4.78 is 32.8. The van der Waals surface area contributed by atoms with Crippen molar-refractivity contribution in [2.45, 2.75) is 219 Å². The van der Waals surface area contributed by atoms with Gasteiger partial charge in [0.05, 0.1) is 19.8 Å². The number of aliphatic hydroxyl groups excluding tert-OH is 2. The Kier molecular flexibility index (Phi) is 45.4. The van der Waals surface area contributed by atoms with Crippen LogP contribution in [-0.2, 0) is 32.7 Å². The zero-order chi connectivity index (χ0) is 46.2. The molecule has 0 aromatic rings. The number of ether oxygens (including phenoxy) is 2. The van der Waals surface area contributed by atoms with Gasteiger partial charge in [-0.15, -0.1) is 0 Å². The molecule has 0 bridgehead atoms. The summed E-state index contributed by atoms with van der Waals surface area (Å²) in [4.78, 5) is 35.1. The van der Waals surface area contributed by atoms with E-state index >= 15 is 0 Å². The third kappa shape index (κ3) is 47.2. The molecule has 11 heteroatoms. The molecule has 364 valence electrons. The fourth-order valence-corrected chi connectivity index (χ4v) is 7.28. The van der Waals surface area contributed by atoms with Gasteiger partial charge in [0.1, 0.15) is 12.7 Å². The van der Waals surface area contributed by atoms with Crippen molar-refractivity contribution < 1.29 is 47.8 Å². The first-order valence-electron chi connectivity index (χ1n) is 24.9. The Hall–Kier alpha value is -2.59. The predicted octanol–water partition coefficient (Wildman–Crippen LogP) is 14.0. The van der Waals surface area contributed by atoms with Gasteiger partial charge >= 0.3 is 19.8 Å². The van der Waals surface area contributed by atoms with E-state index in [-0.39, 0.29) is 19.4 Å². The van der Waals surface area contributed by atoms with Gasteiger partial charge in [-0.25, -0.2) is 4.57 Å². The van der Waals surface area contributed by atoms with E-state index in [4.69, 9.17) is 23.6 Å². The molecule has 0 aliphatic carbocycles. The Bertz CT molecular complexity index is 1270. The summed E-state index contributed by atoms with van der Waals surface area (Å²) >= 11 is 0. The summed E-state index contributed by atoms with van der Waals surface area (Å²) in [7, 11) is -4.64. The standard InChI is InChI=1S/C52H91O10P/c1-3-5-7-9-11-13-15-17-19-21-23-24-26-28-30-32-34-36-38-40-42-44-52(56)62-50(48-61-63(57,58)60-46-49(54)45-53)47-59-51(55)43-41-39-37-35-33-31-29-27-25-22-20-18-16-14-12-10-8-6-4-2/h12,14,18-21,24,26,30,32,36,38,49-50,53-54H,3-11,13,15-17,22-23,25,27-29,31,33-35,37,39-48H2,1-2H3,(H,57,58)/b14-12+,20-18+,21-19+,26-24+,32-30+,38-36+/t49-,50+/m0/s1. The first-order valence-corrected chi connectivity index (χ1v) is 26.4. The molecule has 0 aliphatic rings. The van der Waals surface area contributed by atoms with Gasteiger partial charge in [0.2, 0.25) is 0 Å². The predicted molar refractivity (Wildman–Crippen MR) is 260 cm³/mol. The van der Waals surface area contributed by atoms with Gasteiger partial charge in [0, 0.05) is 12.8 Å². The van der Waals surface area contributed by atoms with Crippen LogP contribution in [0.25, 0.3) is 0 Å². The Morgan fingerprint density at radius 3 is 1.32 bits per heavy atom. The summed E-state index contributed by atoms with van der Waals surface area (Å²) in [6.07, 6.45) is 55.9. The fourth-order valence-electron chi connectivity index (χ4n) is 6.49. The van der Waals surface area contributed by atoms with Crippen molar-refractivity contribution >= 4 is 19.8 Å². The number of phosphoric ester groups is 1. The van der Waals surface area contributed by atoms with E-state index < -0.39 is 51.8 Å². The highest BCUT2D eigenvalue weighted by atomic mass is 31.2. The number of phosphoric acid groups is 1. The van der Waals surface area contributed by atoms with Crippen molar-refractivity contribution in [2.24, 2.45) is 0 Å². The van der Waals surface area contributed by atoms with Gasteiger partial charge in [-0.3, -0.25) is 18.6 Å². The lowest BCUT2D eigenvalue weighted by atomic mass is 10.1. The molecule has 0 rings (SSSR count). The van der Waals surface area contributed by atoms with Crippen LogP contribution in [-0.4, -0.2) is 65.7 Å². The Labute approximate surface area is 384 Å². The van der Waals surface area contributed by atoms with E-state index in [0.717, 1.165) is 51.4 Å². The normalized spacial score (nSPS) is 14.3. The quantitative estimate of drug-likeness (QED) is 0.0233. The van der Waals surface area contributed by atoms with E-state index in [1.54, 1.807) is 0 Å². The third-order valence-corrected chi connectivity index (χ3v) is 11.3. The van der Waals surface area contributed by atoms with Crippen molar-refractivity contribution in [2.75, 3.05) is 26.4 Å². The number of hydrogen-bond donors (Lipinski definition) is 3. The van der Waals surface area contributed by atoms with Crippen LogP contribution in [0.15, 0.2) is 72.9 Å². The minimum absolute atomic E-state index is 0.105. The first-order chi connectivity index (χ1) is 30.7. The van der Waals surface area contributed by atoms with Crippen LogP contribution < -0.4 is 0 Å². The number of hydrogen-bond acceptors (Lipinski definition) is 9.